The van der Waals surface area contributed by atoms with Crippen molar-refractivity contribution >= 4 is 33.0 Å². The van der Waals surface area contributed by atoms with Gasteiger partial charge in [-0.05, 0) is 12.5 Å². The molecule has 1 saturated heterocycles. The Bertz CT molecular complexity index is 673. The van der Waals surface area contributed by atoms with Gasteiger partial charge in [-0.3, -0.25) is 14.9 Å². The minimum absolute atomic E-state index is 0.0284. The van der Waals surface area contributed by atoms with Gasteiger partial charge >= 0.3 is 0 Å². The number of nitro groups is 1. The second-order valence-electron chi connectivity index (χ2n) is 4.47. The molecule has 1 atom stereocenters. The van der Waals surface area contributed by atoms with Crippen molar-refractivity contribution in [3.05, 3.63) is 38.9 Å². The molecule has 0 spiro atoms. The number of nitro benzene ring substituents is 1. The van der Waals surface area contributed by atoms with Gasteiger partial charge in [0.1, 0.15) is 5.02 Å². The van der Waals surface area contributed by atoms with Gasteiger partial charge in [0.2, 0.25) is 0 Å². The Labute approximate surface area is 120 Å². The summed E-state index contributed by atoms with van der Waals surface area (Å²) in [5, 5.41) is 13.0. The molecule has 1 unspecified atom stereocenters. The van der Waals surface area contributed by atoms with E-state index in [2.05, 4.69) is 5.32 Å². The average molecular weight is 319 g/mol. The number of hydrogen-bond acceptors (Lipinski definition) is 5. The van der Waals surface area contributed by atoms with Gasteiger partial charge in [0, 0.05) is 12.1 Å². The van der Waals surface area contributed by atoms with Crippen LogP contribution in [0.3, 0.4) is 0 Å². The molecule has 1 heterocycles. The van der Waals surface area contributed by atoms with Crippen molar-refractivity contribution in [3.63, 3.8) is 0 Å². The maximum Gasteiger partial charge on any atom is 0.288 e. The molecule has 9 heteroatoms. The first-order valence-corrected chi connectivity index (χ1v) is 7.94. The smallest absolute Gasteiger partial charge is 0.288 e. The van der Waals surface area contributed by atoms with Crippen LogP contribution in [0.25, 0.3) is 0 Å². The summed E-state index contributed by atoms with van der Waals surface area (Å²) in [4.78, 5) is 22.0. The molecule has 108 valence electrons. The van der Waals surface area contributed by atoms with Gasteiger partial charge in [0.15, 0.2) is 9.84 Å². The Morgan fingerprint density at radius 2 is 2.15 bits per heavy atom. The number of sulfone groups is 1. The van der Waals surface area contributed by atoms with Crippen molar-refractivity contribution in [2.24, 2.45) is 0 Å². The Morgan fingerprint density at radius 3 is 2.70 bits per heavy atom. The van der Waals surface area contributed by atoms with E-state index in [1.165, 1.54) is 18.2 Å². The van der Waals surface area contributed by atoms with Crippen LogP contribution in [0.4, 0.5) is 5.69 Å². The van der Waals surface area contributed by atoms with Crippen molar-refractivity contribution in [2.75, 3.05) is 11.5 Å². The SMILES string of the molecule is O=C(NC1CCS(=O)(=O)C1)c1cccc([N+](=O)[O-])c1Cl. The van der Waals surface area contributed by atoms with Crippen molar-refractivity contribution in [1.82, 2.24) is 5.32 Å². The number of hydrogen-bond donors (Lipinski definition) is 1. The number of rotatable bonds is 3. The van der Waals surface area contributed by atoms with Gasteiger partial charge in [-0.1, -0.05) is 17.7 Å². The molecule has 0 saturated carbocycles. The summed E-state index contributed by atoms with van der Waals surface area (Å²) in [6.45, 7) is 0. The molecule has 1 aliphatic heterocycles. The molecule has 0 aromatic heterocycles. The zero-order valence-corrected chi connectivity index (χ0v) is 11.8. The fraction of sp³-hybridized carbons (Fsp3) is 0.364. The maximum atomic E-state index is 12.0. The topological polar surface area (TPSA) is 106 Å². The highest BCUT2D eigenvalue weighted by molar-refractivity contribution is 7.91. The molecule has 0 radical (unpaired) electrons. The van der Waals surface area contributed by atoms with Crippen LogP contribution in [0.2, 0.25) is 5.02 Å². The Balaban J connectivity index is 2.18. The minimum atomic E-state index is -3.11. The number of nitrogens with zero attached hydrogens (tertiary/aromatic N) is 1. The minimum Gasteiger partial charge on any atom is -0.348 e. The Morgan fingerprint density at radius 1 is 1.45 bits per heavy atom. The van der Waals surface area contributed by atoms with Crippen molar-refractivity contribution < 1.29 is 18.1 Å². The third-order valence-electron chi connectivity index (χ3n) is 2.99. The summed E-state index contributed by atoms with van der Waals surface area (Å²) in [7, 11) is -3.11. The van der Waals surface area contributed by atoms with E-state index in [1.54, 1.807) is 0 Å². The number of carbonyl (C=O) groups is 1. The zero-order chi connectivity index (χ0) is 14.9. The molecule has 0 bridgehead atoms. The Hall–Kier alpha value is -1.67. The van der Waals surface area contributed by atoms with Crippen molar-refractivity contribution in [1.29, 1.82) is 0 Å². The van der Waals surface area contributed by atoms with Crippen LogP contribution in [-0.2, 0) is 9.84 Å². The van der Waals surface area contributed by atoms with Gasteiger partial charge in [0.25, 0.3) is 11.6 Å². The van der Waals surface area contributed by atoms with Crippen LogP contribution in [0.1, 0.15) is 16.8 Å². The number of benzene rings is 1. The van der Waals surface area contributed by atoms with E-state index in [1.807, 2.05) is 0 Å². The predicted molar refractivity (Wildman–Crippen MR) is 72.6 cm³/mol. The second kappa shape index (κ2) is 5.37. The van der Waals surface area contributed by atoms with E-state index in [9.17, 15) is 23.3 Å². The fourth-order valence-electron chi connectivity index (χ4n) is 2.01. The summed E-state index contributed by atoms with van der Waals surface area (Å²) >= 11 is 5.82. The highest BCUT2D eigenvalue weighted by Gasteiger charge is 2.30. The second-order valence-corrected chi connectivity index (χ2v) is 7.08. The summed E-state index contributed by atoms with van der Waals surface area (Å²) in [6, 6.07) is 3.42. The highest BCUT2D eigenvalue weighted by Crippen LogP contribution is 2.27. The summed E-state index contributed by atoms with van der Waals surface area (Å²) in [6.07, 6.45) is 0.334. The fourth-order valence-corrected chi connectivity index (χ4v) is 3.96. The van der Waals surface area contributed by atoms with Gasteiger partial charge in [0.05, 0.1) is 22.0 Å². The molecule has 2 rings (SSSR count). The molecule has 7 nitrogen and oxygen atoms in total. The molecule has 1 aromatic rings. The predicted octanol–water partition coefficient (Wildman–Crippen LogP) is 1.17. The van der Waals surface area contributed by atoms with Gasteiger partial charge in [-0.15, -0.1) is 0 Å². The van der Waals surface area contributed by atoms with Crippen LogP contribution in [0, 0.1) is 10.1 Å². The first-order valence-electron chi connectivity index (χ1n) is 5.74. The van der Waals surface area contributed by atoms with Gasteiger partial charge < -0.3 is 5.32 Å². The first-order chi connectivity index (χ1) is 9.30. The van der Waals surface area contributed by atoms with Crippen LogP contribution in [0.15, 0.2) is 18.2 Å². The summed E-state index contributed by atoms with van der Waals surface area (Å²) < 4.78 is 22.6. The average Bonchev–Trinajstić information content (AvgIpc) is 2.68. The van der Waals surface area contributed by atoms with Crippen molar-refractivity contribution in [2.45, 2.75) is 12.5 Å². The van der Waals surface area contributed by atoms with E-state index >= 15 is 0 Å². The van der Waals surface area contributed by atoms with Crippen LogP contribution >= 0.6 is 11.6 Å². The monoisotopic (exact) mass is 318 g/mol. The number of amides is 1. The standard InChI is InChI=1S/C11H11ClN2O5S/c12-10-8(2-1-3-9(10)14(16)17)11(15)13-7-4-5-20(18,19)6-7/h1-3,7H,4-6H2,(H,13,15). The third-order valence-corrected chi connectivity index (χ3v) is 5.15. The highest BCUT2D eigenvalue weighted by atomic mass is 35.5. The first kappa shape index (κ1) is 14.7. The van der Waals surface area contributed by atoms with Crippen LogP contribution in [-0.4, -0.2) is 36.8 Å². The van der Waals surface area contributed by atoms with Gasteiger partial charge in [-0.2, -0.15) is 0 Å². The third kappa shape index (κ3) is 3.07. The number of carbonyl (C=O) groups excluding carboxylic acids is 1. The van der Waals surface area contributed by atoms with E-state index in [4.69, 9.17) is 11.6 Å². The lowest BCUT2D eigenvalue weighted by Crippen LogP contribution is -2.35. The van der Waals surface area contributed by atoms with Crippen LogP contribution in [0.5, 0.6) is 0 Å². The molecular formula is C11H11ClN2O5S. The molecular weight excluding hydrogens is 308 g/mol. The summed E-state index contributed by atoms with van der Waals surface area (Å²) in [5.74, 6) is -0.702. The van der Waals surface area contributed by atoms with Crippen molar-refractivity contribution in [3.8, 4) is 0 Å². The molecule has 1 aliphatic rings. The molecule has 0 aliphatic carbocycles. The van der Waals surface area contributed by atoms with E-state index < -0.39 is 26.7 Å². The number of nitrogens with one attached hydrogen (secondary N) is 1. The maximum absolute atomic E-state index is 12.0. The van der Waals surface area contributed by atoms with Crippen LogP contribution < -0.4 is 5.32 Å². The lowest BCUT2D eigenvalue weighted by molar-refractivity contribution is -0.384. The zero-order valence-electron chi connectivity index (χ0n) is 10.2. The molecule has 1 amide bonds. The lowest BCUT2D eigenvalue weighted by Gasteiger charge is -2.11. The van der Waals surface area contributed by atoms with E-state index in [0.717, 1.165) is 0 Å². The normalized spacial score (nSPS) is 20.6. The molecule has 1 aromatic carbocycles. The lowest BCUT2D eigenvalue weighted by atomic mass is 10.1. The molecule has 1 fully saturated rings. The largest absolute Gasteiger partial charge is 0.348 e. The van der Waals surface area contributed by atoms with E-state index in [-0.39, 0.29) is 27.8 Å². The quantitative estimate of drug-likeness (QED) is 0.665. The van der Waals surface area contributed by atoms with Gasteiger partial charge in [-0.25, -0.2) is 8.42 Å². The number of halogens is 1. The Kier molecular flexibility index (Phi) is 3.96. The summed E-state index contributed by atoms with van der Waals surface area (Å²) in [5.41, 5.74) is -0.400. The van der Waals surface area contributed by atoms with E-state index in [0.29, 0.717) is 6.42 Å². The molecule has 20 heavy (non-hydrogen) atoms. The molecule has 1 N–H and O–H groups in total.